The van der Waals surface area contributed by atoms with Crippen molar-refractivity contribution in [3.63, 3.8) is 0 Å². The zero-order valence-electron chi connectivity index (χ0n) is 21.5. The highest BCUT2D eigenvalue weighted by molar-refractivity contribution is 5.97. The van der Waals surface area contributed by atoms with E-state index in [9.17, 15) is 9.59 Å². The number of nitrogens with one attached hydrogen (secondary N) is 4. The summed E-state index contributed by atoms with van der Waals surface area (Å²) in [4.78, 5) is 28.2. The Hall–Kier alpha value is -5.50. The highest BCUT2D eigenvalue weighted by Crippen LogP contribution is 2.23. The van der Waals surface area contributed by atoms with Gasteiger partial charge in [-0.2, -0.15) is 10.2 Å². The van der Waals surface area contributed by atoms with Gasteiger partial charge in [0.1, 0.15) is 0 Å². The van der Waals surface area contributed by atoms with Crippen LogP contribution in [0.25, 0.3) is 22.0 Å². The van der Waals surface area contributed by atoms with E-state index in [0.717, 1.165) is 51.8 Å². The molecule has 0 atom stereocenters. The molecule has 1 aliphatic heterocycles. The normalized spacial score (nSPS) is 12.5. The van der Waals surface area contributed by atoms with E-state index >= 15 is 0 Å². The van der Waals surface area contributed by atoms with Gasteiger partial charge in [0, 0.05) is 35.1 Å². The Labute approximate surface area is 230 Å². The van der Waals surface area contributed by atoms with Crippen LogP contribution in [0, 0.1) is 0 Å². The van der Waals surface area contributed by atoms with Gasteiger partial charge in [0.2, 0.25) is 0 Å². The van der Waals surface area contributed by atoms with Gasteiger partial charge in [-0.25, -0.2) is 10.9 Å². The molecule has 40 heavy (non-hydrogen) atoms. The molecule has 2 amide bonds. The molecule has 6 rings (SSSR count). The third-order valence-electron chi connectivity index (χ3n) is 6.81. The average Bonchev–Trinajstić information content (AvgIpc) is 3.66. The molecule has 0 saturated heterocycles. The fourth-order valence-corrected chi connectivity index (χ4v) is 4.62. The van der Waals surface area contributed by atoms with E-state index in [1.165, 1.54) is 5.56 Å². The molecular weight excluding hydrogens is 500 g/mol. The number of nitrogens with zero attached hydrogens (tertiary/aromatic N) is 2. The maximum Gasteiger partial charge on any atom is 0.271 e. The Bertz CT molecular complexity index is 1750. The molecule has 0 fully saturated rings. The first-order valence-electron chi connectivity index (χ1n) is 12.9. The molecule has 4 N–H and O–H groups in total. The lowest BCUT2D eigenvalue weighted by Crippen LogP contribution is -2.17. The van der Waals surface area contributed by atoms with Gasteiger partial charge in [-0.15, -0.1) is 0 Å². The fourth-order valence-electron chi connectivity index (χ4n) is 4.62. The topological polar surface area (TPSA) is 111 Å². The third-order valence-corrected chi connectivity index (χ3v) is 6.81. The molecule has 0 radical (unpaired) electrons. The monoisotopic (exact) mass is 526 g/mol. The first kappa shape index (κ1) is 24.8. The Balaban J connectivity index is 1.03. The lowest BCUT2D eigenvalue weighted by Gasteiger charge is -2.06. The predicted molar refractivity (Wildman–Crippen MR) is 159 cm³/mol. The maximum absolute atomic E-state index is 12.5. The van der Waals surface area contributed by atoms with Gasteiger partial charge in [-0.3, -0.25) is 9.59 Å². The number of hydrogen-bond acceptors (Lipinski definition) is 5. The van der Waals surface area contributed by atoms with E-state index in [1.54, 1.807) is 36.7 Å². The van der Waals surface area contributed by atoms with Crippen LogP contribution >= 0.6 is 0 Å². The highest BCUT2D eigenvalue weighted by Gasteiger charge is 2.10. The SMILES string of the molecule is O=C(N/N=C/c1ccc2c(c1)NCC2)c1ccc(-c2ccc(C(=O)N/N=C/c3ccc4cc[nH]c4c3)cc2)cc1. The van der Waals surface area contributed by atoms with Crippen molar-refractivity contribution < 1.29 is 9.59 Å². The van der Waals surface area contributed by atoms with Crippen molar-refractivity contribution in [2.45, 2.75) is 6.42 Å². The lowest BCUT2D eigenvalue weighted by atomic mass is 10.0. The molecule has 4 aromatic carbocycles. The molecule has 0 saturated carbocycles. The Morgan fingerprint density at radius 3 is 1.95 bits per heavy atom. The van der Waals surface area contributed by atoms with E-state index in [4.69, 9.17) is 0 Å². The van der Waals surface area contributed by atoms with Gasteiger partial charge in [0.15, 0.2) is 0 Å². The number of rotatable bonds is 7. The number of hydrazone groups is 2. The molecule has 0 bridgehead atoms. The summed E-state index contributed by atoms with van der Waals surface area (Å²) >= 11 is 0. The molecule has 8 nitrogen and oxygen atoms in total. The predicted octanol–water partition coefficient (Wildman–Crippen LogP) is 5.33. The second kappa shape index (κ2) is 11.1. The van der Waals surface area contributed by atoms with Crippen LogP contribution < -0.4 is 16.2 Å². The molecule has 8 heteroatoms. The van der Waals surface area contributed by atoms with Crippen molar-refractivity contribution in [2.24, 2.45) is 10.2 Å². The van der Waals surface area contributed by atoms with Crippen LogP contribution in [0.5, 0.6) is 0 Å². The van der Waals surface area contributed by atoms with Crippen LogP contribution in [0.15, 0.2) is 107 Å². The quantitative estimate of drug-likeness (QED) is 0.170. The molecule has 0 aliphatic carbocycles. The zero-order chi connectivity index (χ0) is 27.3. The molecule has 0 spiro atoms. The summed E-state index contributed by atoms with van der Waals surface area (Å²) < 4.78 is 0. The van der Waals surface area contributed by atoms with Gasteiger partial charge in [-0.05, 0) is 82.1 Å². The summed E-state index contributed by atoms with van der Waals surface area (Å²) in [6.07, 6.45) is 6.16. The van der Waals surface area contributed by atoms with Crippen LogP contribution in [-0.4, -0.2) is 35.8 Å². The van der Waals surface area contributed by atoms with E-state index in [2.05, 4.69) is 37.4 Å². The molecule has 1 aromatic heterocycles. The van der Waals surface area contributed by atoms with Crippen LogP contribution in [-0.2, 0) is 6.42 Å². The number of carbonyl (C=O) groups excluding carboxylic acids is 2. The summed E-state index contributed by atoms with van der Waals surface area (Å²) in [7, 11) is 0. The fraction of sp³-hybridized carbons (Fsp3) is 0.0625. The van der Waals surface area contributed by atoms with Gasteiger partial charge >= 0.3 is 0 Å². The number of carbonyl (C=O) groups is 2. The van der Waals surface area contributed by atoms with Crippen LogP contribution in [0.4, 0.5) is 5.69 Å². The number of benzene rings is 4. The number of fused-ring (bicyclic) bond motifs is 2. The second-order valence-electron chi connectivity index (χ2n) is 9.47. The lowest BCUT2D eigenvalue weighted by molar-refractivity contribution is 0.0947. The van der Waals surface area contributed by atoms with Crippen molar-refractivity contribution in [3.8, 4) is 11.1 Å². The minimum Gasteiger partial charge on any atom is -0.384 e. The second-order valence-corrected chi connectivity index (χ2v) is 9.47. The largest absolute Gasteiger partial charge is 0.384 e. The van der Waals surface area contributed by atoms with Gasteiger partial charge in [-0.1, -0.05) is 48.5 Å². The average molecular weight is 527 g/mol. The van der Waals surface area contributed by atoms with E-state index in [1.807, 2.05) is 66.9 Å². The van der Waals surface area contributed by atoms with Gasteiger partial charge in [0.05, 0.1) is 12.4 Å². The Kier molecular flexibility index (Phi) is 6.88. The molecular formula is C32H26N6O2. The van der Waals surface area contributed by atoms with E-state index < -0.39 is 0 Å². The summed E-state index contributed by atoms with van der Waals surface area (Å²) in [6, 6.07) is 28.4. The van der Waals surface area contributed by atoms with Crippen molar-refractivity contribution in [2.75, 3.05) is 11.9 Å². The van der Waals surface area contributed by atoms with Crippen molar-refractivity contribution in [3.05, 3.63) is 125 Å². The van der Waals surface area contributed by atoms with Gasteiger partial charge < -0.3 is 10.3 Å². The molecule has 2 heterocycles. The van der Waals surface area contributed by atoms with Crippen LogP contribution in [0.2, 0.25) is 0 Å². The minimum atomic E-state index is -0.299. The molecule has 196 valence electrons. The summed E-state index contributed by atoms with van der Waals surface area (Å²) in [5.74, 6) is -0.588. The number of H-pyrrole nitrogens is 1. The Morgan fingerprint density at radius 1 is 0.700 bits per heavy atom. The number of hydrogen-bond donors (Lipinski definition) is 4. The van der Waals surface area contributed by atoms with Crippen molar-refractivity contribution >= 4 is 40.8 Å². The molecule has 1 aliphatic rings. The summed E-state index contributed by atoms with van der Waals surface area (Å²) in [6.45, 7) is 0.949. The number of aromatic amines is 1. The smallest absolute Gasteiger partial charge is 0.271 e. The summed E-state index contributed by atoms with van der Waals surface area (Å²) in [5, 5.41) is 12.6. The van der Waals surface area contributed by atoms with Gasteiger partial charge in [0.25, 0.3) is 11.8 Å². The first-order valence-corrected chi connectivity index (χ1v) is 12.9. The minimum absolute atomic E-state index is 0.289. The summed E-state index contributed by atoms with van der Waals surface area (Å²) in [5.41, 5.74) is 13.2. The molecule has 0 unspecified atom stereocenters. The van der Waals surface area contributed by atoms with Crippen LogP contribution in [0.1, 0.15) is 37.4 Å². The third kappa shape index (κ3) is 5.51. The Morgan fingerprint density at radius 2 is 1.30 bits per heavy atom. The number of aromatic nitrogens is 1. The van der Waals surface area contributed by atoms with Crippen LogP contribution in [0.3, 0.4) is 0 Å². The van der Waals surface area contributed by atoms with Crippen molar-refractivity contribution in [1.82, 2.24) is 15.8 Å². The number of amides is 2. The highest BCUT2D eigenvalue weighted by atomic mass is 16.2. The maximum atomic E-state index is 12.5. The first-order chi connectivity index (χ1) is 19.6. The van der Waals surface area contributed by atoms with Crippen molar-refractivity contribution in [1.29, 1.82) is 0 Å². The standard InChI is InChI=1S/C32H26N6O2/c39-31(37-35-19-21-1-3-25-13-15-33-29(25)17-21)27-9-5-23(6-10-27)24-7-11-28(12-8-24)32(40)38-36-20-22-2-4-26-14-16-34-30(26)18-22/h1-13,15,17-20,33-34H,14,16H2,(H,37,39)(H,38,40)/b35-19+,36-20+. The number of anilines is 1. The van der Waals surface area contributed by atoms with E-state index in [0.29, 0.717) is 11.1 Å². The molecule has 5 aromatic rings. The van der Waals surface area contributed by atoms with E-state index in [-0.39, 0.29) is 11.8 Å². The zero-order valence-corrected chi connectivity index (χ0v) is 21.5.